The van der Waals surface area contributed by atoms with E-state index < -0.39 is 0 Å². The van der Waals surface area contributed by atoms with E-state index in [1.165, 1.54) is 30.6 Å². The number of anilines is 1. The van der Waals surface area contributed by atoms with E-state index in [1.54, 1.807) is 24.1 Å². The highest BCUT2D eigenvalue weighted by atomic mass is 32.1. The number of rotatable bonds is 10. The molecule has 0 aliphatic heterocycles. The lowest BCUT2D eigenvalue weighted by atomic mass is 9.90. The number of hydrogen-bond acceptors (Lipinski definition) is 7. The van der Waals surface area contributed by atoms with Gasteiger partial charge in [0.25, 0.3) is 5.91 Å². The Labute approximate surface area is 192 Å². The SMILES string of the molecule is COc1ccccc1OCC(=O)N(CCC(=O)Nc1nnc(C2CCCCC2)s1)C1CC1. The summed E-state index contributed by atoms with van der Waals surface area (Å²) in [7, 11) is 1.56. The molecule has 1 aromatic carbocycles. The zero-order chi connectivity index (χ0) is 22.3. The molecule has 2 aliphatic carbocycles. The van der Waals surface area contributed by atoms with Crippen LogP contribution in [-0.4, -0.2) is 53.2 Å². The Kier molecular flexibility index (Phi) is 7.57. The van der Waals surface area contributed by atoms with E-state index >= 15 is 0 Å². The van der Waals surface area contributed by atoms with Crippen molar-refractivity contribution in [1.82, 2.24) is 15.1 Å². The van der Waals surface area contributed by atoms with Crippen molar-refractivity contribution in [2.75, 3.05) is 25.6 Å². The van der Waals surface area contributed by atoms with Crippen LogP contribution in [0.4, 0.5) is 5.13 Å². The first-order valence-corrected chi connectivity index (χ1v) is 12.1. The molecule has 2 amide bonds. The normalized spacial score (nSPS) is 16.4. The molecule has 2 fully saturated rings. The molecule has 1 aromatic heterocycles. The molecule has 32 heavy (non-hydrogen) atoms. The topological polar surface area (TPSA) is 93.7 Å². The molecule has 2 saturated carbocycles. The van der Waals surface area contributed by atoms with Gasteiger partial charge >= 0.3 is 0 Å². The fourth-order valence-corrected chi connectivity index (χ4v) is 4.99. The lowest BCUT2D eigenvalue weighted by Gasteiger charge is -2.22. The smallest absolute Gasteiger partial charge is 0.260 e. The molecule has 0 unspecified atom stereocenters. The average Bonchev–Trinajstić information content (AvgIpc) is 3.56. The molecular formula is C23H30N4O4S. The number of benzene rings is 1. The van der Waals surface area contributed by atoms with Crippen molar-refractivity contribution in [2.45, 2.75) is 63.3 Å². The quantitative estimate of drug-likeness (QED) is 0.579. The van der Waals surface area contributed by atoms with Gasteiger partial charge in [-0.15, -0.1) is 10.2 Å². The maximum absolute atomic E-state index is 12.8. The predicted molar refractivity (Wildman–Crippen MR) is 122 cm³/mol. The van der Waals surface area contributed by atoms with Gasteiger partial charge in [0.2, 0.25) is 11.0 Å². The fourth-order valence-electron chi connectivity index (χ4n) is 4.06. The largest absolute Gasteiger partial charge is 0.493 e. The maximum Gasteiger partial charge on any atom is 0.260 e. The lowest BCUT2D eigenvalue weighted by molar-refractivity contribution is -0.134. The van der Waals surface area contributed by atoms with Crippen LogP contribution in [0, 0.1) is 0 Å². The van der Waals surface area contributed by atoms with Gasteiger partial charge in [-0.2, -0.15) is 0 Å². The Hall–Kier alpha value is -2.68. The number of amides is 2. The third-order valence-electron chi connectivity index (χ3n) is 5.95. The fraction of sp³-hybridized carbons (Fsp3) is 0.565. The second kappa shape index (κ2) is 10.8. The van der Waals surface area contributed by atoms with Crippen molar-refractivity contribution < 1.29 is 19.1 Å². The Morgan fingerprint density at radius 3 is 2.56 bits per heavy atom. The average molecular weight is 459 g/mol. The third kappa shape index (κ3) is 5.97. The van der Waals surface area contributed by atoms with E-state index in [-0.39, 0.29) is 30.9 Å². The summed E-state index contributed by atoms with van der Waals surface area (Å²) in [5.74, 6) is 1.31. The number of carbonyl (C=O) groups is 2. The number of hydrogen-bond donors (Lipinski definition) is 1. The summed E-state index contributed by atoms with van der Waals surface area (Å²) in [5, 5.41) is 12.8. The number of carbonyl (C=O) groups excluding carboxylic acids is 2. The van der Waals surface area contributed by atoms with E-state index in [9.17, 15) is 9.59 Å². The molecule has 4 rings (SSSR count). The minimum absolute atomic E-state index is 0.0837. The van der Waals surface area contributed by atoms with Gasteiger partial charge in [-0.25, -0.2) is 0 Å². The van der Waals surface area contributed by atoms with Crippen molar-refractivity contribution in [1.29, 1.82) is 0 Å². The zero-order valence-corrected chi connectivity index (χ0v) is 19.2. The van der Waals surface area contributed by atoms with E-state index in [0.29, 0.717) is 29.1 Å². The first-order valence-electron chi connectivity index (χ1n) is 11.3. The number of methoxy groups -OCH3 is 1. The molecule has 8 nitrogen and oxygen atoms in total. The molecule has 1 heterocycles. The molecule has 172 valence electrons. The molecule has 2 aliphatic rings. The van der Waals surface area contributed by atoms with Crippen molar-refractivity contribution in [3.63, 3.8) is 0 Å². The summed E-state index contributed by atoms with van der Waals surface area (Å²) in [6.45, 7) is 0.276. The predicted octanol–water partition coefficient (Wildman–Crippen LogP) is 3.99. The first-order chi connectivity index (χ1) is 15.6. The van der Waals surface area contributed by atoms with Crippen LogP contribution in [0.2, 0.25) is 0 Å². The Bertz CT molecular complexity index is 924. The van der Waals surface area contributed by atoms with Gasteiger partial charge in [0.05, 0.1) is 7.11 Å². The van der Waals surface area contributed by atoms with Crippen LogP contribution < -0.4 is 14.8 Å². The van der Waals surface area contributed by atoms with E-state index in [2.05, 4.69) is 15.5 Å². The molecule has 0 bridgehead atoms. The van der Waals surface area contributed by atoms with Crippen molar-refractivity contribution in [3.05, 3.63) is 29.3 Å². The van der Waals surface area contributed by atoms with Gasteiger partial charge in [-0.1, -0.05) is 42.7 Å². The van der Waals surface area contributed by atoms with Gasteiger partial charge in [0.15, 0.2) is 18.1 Å². The number of para-hydroxylation sites is 2. The lowest BCUT2D eigenvalue weighted by Crippen LogP contribution is -2.38. The summed E-state index contributed by atoms with van der Waals surface area (Å²) in [6.07, 6.45) is 8.20. The molecule has 0 radical (unpaired) electrons. The summed E-state index contributed by atoms with van der Waals surface area (Å²) >= 11 is 1.47. The summed E-state index contributed by atoms with van der Waals surface area (Å²) in [4.78, 5) is 27.0. The van der Waals surface area contributed by atoms with E-state index in [0.717, 1.165) is 30.7 Å². The number of ether oxygens (including phenoxy) is 2. The van der Waals surface area contributed by atoms with Crippen molar-refractivity contribution in [3.8, 4) is 11.5 Å². The second-order valence-corrected chi connectivity index (χ2v) is 9.35. The zero-order valence-electron chi connectivity index (χ0n) is 18.4. The van der Waals surface area contributed by atoms with E-state index in [4.69, 9.17) is 9.47 Å². The first kappa shape index (κ1) is 22.5. The van der Waals surface area contributed by atoms with Gasteiger partial charge in [0.1, 0.15) is 5.01 Å². The van der Waals surface area contributed by atoms with Crippen molar-refractivity contribution >= 4 is 28.3 Å². The summed E-state index contributed by atoms with van der Waals surface area (Å²) in [5.41, 5.74) is 0. The monoisotopic (exact) mass is 458 g/mol. The maximum atomic E-state index is 12.8. The standard InChI is InChI=1S/C23H30N4O4S/c1-30-18-9-5-6-10-19(18)31-15-21(29)27(17-11-12-17)14-13-20(28)24-23-26-25-22(32-23)16-7-3-2-4-8-16/h5-6,9-10,16-17H,2-4,7-8,11-15H2,1H3,(H,24,26,28). The van der Waals surface area contributed by atoms with Gasteiger partial charge in [0, 0.05) is 24.9 Å². The van der Waals surface area contributed by atoms with Crippen LogP contribution in [0.3, 0.4) is 0 Å². The van der Waals surface area contributed by atoms with Gasteiger partial charge in [-0.3, -0.25) is 9.59 Å². The third-order valence-corrected chi connectivity index (χ3v) is 6.95. The van der Waals surface area contributed by atoms with Crippen LogP contribution in [0.5, 0.6) is 11.5 Å². The number of aromatic nitrogens is 2. The minimum atomic E-state index is -0.152. The summed E-state index contributed by atoms with van der Waals surface area (Å²) < 4.78 is 10.9. The van der Waals surface area contributed by atoms with E-state index in [1.807, 2.05) is 12.1 Å². The number of nitrogens with zero attached hydrogens (tertiary/aromatic N) is 3. The Morgan fingerprint density at radius 1 is 1.09 bits per heavy atom. The van der Waals surface area contributed by atoms with Crippen LogP contribution in [0.15, 0.2) is 24.3 Å². The second-order valence-electron chi connectivity index (χ2n) is 8.34. The molecule has 1 N–H and O–H groups in total. The van der Waals surface area contributed by atoms with Crippen LogP contribution in [-0.2, 0) is 9.59 Å². The molecular weight excluding hydrogens is 428 g/mol. The number of nitrogens with one attached hydrogen (secondary N) is 1. The minimum Gasteiger partial charge on any atom is -0.493 e. The van der Waals surface area contributed by atoms with Crippen molar-refractivity contribution in [2.24, 2.45) is 0 Å². The van der Waals surface area contributed by atoms with Gasteiger partial charge in [-0.05, 0) is 37.8 Å². The molecule has 0 saturated heterocycles. The highest BCUT2D eigenvalue weighted by molar-refractivity contribution is 7.15. The molecule has 2 aromatic rings. The highest BCUT2D eigenvalue weighted by Gasteiger charge is 2.33. The molecule has 0 spiro atoms. The summed E-state index contributed by atoms with van der Waals surface area (Å²) in [6, 6.07) is 7.42. The molecule has 9 heteroatoms. The Balaban J connectivity index is 1.26. The van der Waals surface area contributed by atoms with Crippen LogP contribution in [0.1, 0.15) is 62.3 Å². The molecule has 0 atom stereocenters. The highest BCUT2D eigenvalue weighted by Crippen LogP contribution is 2.35. The van der Waals surface area contributed by atoms with Crippen LogP contribution >= 0.6 is 11.3 Å². The van der Waals surface area contributed by atoms with Crippen LogP contribution in [0.25, 0.3) is 0 Å². The van der Waals surface area contributed by atoms with Gasteiger partial charge < -0.3 is 19.7 Å². The Morgan fingerprint density at radius 2 is 1.84 bits per heavy atom.